The van der Waals surface area contributed by atoms with E-state index in [0.29, 0.717) is 5.41 Å². The Labute approximate surface area is 111 Å². The predicted octanol–water partition coefficient (Wildman–Crippen LogP) is 6.01. The Hall–Kier alpha value is 0. The van der Waals surface area contributed by atoms with Crippen LogP contribution in [0.4, 0.5) is 0 Å². The standard InChI is InChI=1S/C17H36/c1-10-14(6)16(11-15(7)12(2)3)17(8,9)13(4)5/h12-16H,10-11H2,1-9H3. The maximum absolute atomic E-state index is 2.47. The van der Waals surface area contributed by atoms with Crippen molar-refractivity contribution < 1.29 is 0 Å². The highest BCUT2D eigenvalue weighted by atomic mass is 14.4. The maximum Gasteiger partial charge on any atom is -0.0300 e. The van der Waals surface area contributed by atoms with Crippen molar-refractivity contribution in [2.24, 2.45) is 35.0 Å². The largest absolute Gasteiger partial charge is 0.0651 e. The fourth-order valence-electron chi connectivity index (χ4n) is 2.65. The molecule has 0 rings (SSSR count). The third-order valence-corrected chi connectivity index (χ3v) is 5.54. The molecular formula is C17H36. The summed E-state index contributed by atoms with van der Waals surface area (Å²) in [6.45, 7) is 21.7. The van der Waals surface area contributed by atoms with Gasteiger partial charge in [0.05, 0.1) is 0 Å². The summed E-state index contributed by atoms with van der Waals surface area (Å²) in [5.41, 5.74) is 0.457. The summed E-state index contributed by atoms with van der Waals surface area (Å²) in [7, 11) is 0. The van der Waals surface area contributed by atoms with Crippen molar-refractivity contribution in [3.63, 3.8) is 0 Å². The second-order valence-corrected chi connectivity index (χ2v) is 7.43. The van der Waals surface area contributed by atoms with Crippen molar-refractivity contribution in [3.05, 3.63) is 0 Å². The topological polar surface area (TPSA) is 0 Å². The molecule has 3 unspecified atom stereocenters. The molecule has 0 heteroatoms. The monoisotopic (exact) mass is 240 g/mol. The molecule has 0 saturated heterocycles. The van der Waals surface area contributed by atoms with Gasteiger partial charge in [-0.15, -0.1) is 0 Å². The molecule has 0 bridgehead atoms. The Balaban J connectivity index is 4.89. The van der Waals surface area contributed by atoms with E-state index in [0.717, 1.165) is 29.6 Å². The average molecular weight is 240 g/mol. The molecule has 0 aliphatic carbocycles. The molecule has 0 saturated carbocycles. The van der Waals surface area contributed by atoms with Crippen molar-refractivity contribution in [1.29, 1.82) is 0 Å². The van der Waals surface area contributed by atoms with Crippen LogP contribution in [0.3, 0.4) is 0 Å². The van der Waals surface area contributed by atoms with E-state index in [1.807, 2.05) is 0 Å². The normalized spacial score (nSPS) is 18.5. The highest BCUT2D eigenvalue weighted by Crippen LogP contribution is 2.44. The van der Waals surface area contributed by atoms with E-state index in [9.17, 15) is 0 Å². The van der Waals surface area contributed by atoms with Gasteiger partial charge in [0.25, 0.3) is 0 Å². The summed E-state index contributed by atoms with van der Waals surface area (Å²) in [5, 5.41) is 0. The molecule has 0 spiro atoms. The van der Waals surface area contributed by atoms with Gasteiger partial charge in [-0.05, 0) is 41.4 Å². The SMILES string of the molecule is CCC(C)C(CC(C)C(C)C)C(C)(C)C(C)C. The molecule has 0 nitrogen and oxygen atoms in total. The summed E-state index contributed by atoms with van der Waals surface area (Å²) in [5.74, 6) is 4.11. The van der Waals surface area contributed by atoms with Gasteiger partial charge < -0.3 is 0 Å². The fraction of sp³-hybridized carbons (Fsp3) is 1.00. The zero-order valence-electron chi connectivity index (χ0n) is 13.8. The lowest BCUT2D eigenvalue weighted by molar-refractivity contribution is 0.0620. The van der Waals surface area contributed by atoms with E-state index >= 15 is 0 Å². The van der Waals surface area contributed by atoms with Gasteiger partial charge >= 0.3 is 0 Å². The van der Waals surface area contributed by atoms with Gasteiger partial charge in [-0.3, -0.25) is 0 Å². The van der Waals surface area contributed by atoms with Crippen molar-refractivity contribution in [1.82, 2.24) is 0 Å². The van der Waals surface area contributed by atoms with Crippen molar-refractivity contribution in [2.45, 2.75) is 75.2 Å². The second-order valence-electron chi connectivity index (χ2n) is 7.43. The van der Waals surface area contributed by atoms with Crippen molar-refractivity contribution in [2.75, 3.05) is 0 Å². The van der Waals surface area contributed by atoms with Crippen molar-refractivity contribution in [3.8, 4) is 0 Å². The zero-order chi connectivity index (χ0) is 13.8. The molecule has 0 aliphatic rings. The minimum Gasteiger partial charge on any atom is -0.0651 e. The second kappa shape index (κ2) is 6.81. The van der Waals surface area contributed by atoms with Crippen LogP contribution >= 0.6 is 0 Å². The molecule has 17 heavy (non-hydrogen) atoms. The first-order valence-corrected chi connectivity index (χ1v) is 7.64. The summed E-state index contributed by atoms with van der Waals surface area (Å²) in [4.78, 5) is 0. The van der Waals surface area contributed by atoms with E-state index in [-0.39, 0.29) is 0 Å². The molecule has 0 aliphatic heterocycles. The molecule has 0 aromatic carbocycles. The predicted molar refractivity (Wildman–Crippen MR) is 80.2 cm³/mol. The maximum atomic E-state index is 2.47. The van der Waals surface area contributed by atoms with Crippen LogP contribution in [-0.2, 0) is 0 Å². The summed E-state index contributed by atoms with van der Waals surface area (Å²) >= 11 is 0. The lowest BCUT2D eigenvalue weighted by atomic mass is 9.62. The van der Waals surface area contributed by atoms with Crippen LogP contribution in [0.1, 0.15) is 75.2 Å². The molecule has 0 aromatic rings. The molecule has 0 amide bonds. The van der Waals surface area contributed by atoms with Gasteiger partial charge in [0, 0.05) is 0 Å². The number of hydrogen-bond donors (Lipinski definition) is 0. The van der Waals surface area contributed by atoms with E-state index in [1.165, 1.54) is 12.8 Å². The van der Waals surface area contributed by atoms with Crippen molar-refractivity contribution >= 4 is 0 Å². The summed E-state index contributed by atoms with van der Waals surface area (Å²) in [6, 6.07) is 0. The van der Waals surface area contributed by atoms with Crippen LogP contribution in [0, 0.1) is 35.0 Å². The first-order valence-electron chi connectivity index (χ1n) is 7.64. The Morgan fingerprint density at radius 1 is 0.824 bits per heavy atom. The molecule has 0 heterocycles. The Morgan fingerprint density at radius 2 is 1.29 bits per heavy atom. The highest BCUT2D eigenvalue weighted by molar-refractivity contribution is 4.85. The molecule has 0 radical (unpaired) electrons. The summed E-state index contributed by atoms with van der Waals surface area (Å²) in [6.07, 6.45) is 2.70. The lowest BCUT2D eigenvalue weighted by Gasteiger charge is -2.43. The number of hydrogen-bond acceptors (Lipinski definition) is 0. The van der Waals surface area contributed by atoms with Crippen LogP contribution in [0.25, 0.3) is 0 Å². The number of rotatable bonds is 7. The highest BCUT2D eigenvalue weighted by Gasteiger charge is 2.36. The molecule has 0 aromatic heterocycles. The first-order chi connectivity index (χ1) is 7.64. The minimum absolute atomic E-state index is 0.457. The molecule has 0 N–H and O–H groups in total. The van der Waals surface area contributed by atoms with Gasteiger partial charge in [-0.1, -0.05) is 68.7 Å². The quantitative estimate of drug-likeness (QED) is 0.511. The van der Waals surface area contributed by atoms with Crippen LogP contribution in [0.2, 0.25) is 0 Å². The average Bonchev–Trinajstić information content (AvgIpc) is 2.23. The van der Waals surface area contributed by atoms with Crippen LogP contribution in [0.5, 0.6) is 0 Å². The van der Waals surface area contributed by atoms with Crippen LogP contribution in [0.15, 0.2) is 0 Å². The zero-order valence-corrected chi connectivity index (χ0v) is 13.8. The first kappa shape index (κ1) is 17.0. The van der Waals surface area contributed by atoms with Crippen LogP contribution in [-0.4, -0.2) is 0 Å². The van der Waals surface area contributed by atoms with Gasteiger partial charge in [-0.25, -0.2) is 0 Å². The summed E-state index contributed by atoms with van der Waals surface area (Å²) < 4.78 is 0. The van der Waals surface area contributed by atoms with E-state index < -0.39 is 0 Å². The van der Waals surface area contributed by atoms with E-state index in [4.69, 9.17) is 0 Å². The molecular weight excluding hydrogens is 204 g/mol. The van der Waals surface area contributed by atoms with E-state index in [2.05, 4.69) is 62.3 Å². The Morgan fingerprint density at radius 3 is 1.59 bits per heavy atom. The van der Waals surface area contributed by atoms with Gasteiger partial charge in [0.2, 0.25) is 0 Å². The Kier molecular flexibility index (Phi) is 6.81. The molecule has 3 atom stereocenters. The Bertz CT molecular complexity index is 200. The minimum atomic E-state index is 0.457. The molecule has 0 fully saturated rings. The third kappa shape index (κ3) is 4.64. The van der Waals surface area contributed by atoms with Gasteiger partial charge in [-0.2, -0.15) is 0 Å². The fourth-order valence-corrected chi connectivity index (χ4v) is 2.65. The van der Waals surface area contributed by atoms with Gasteiger partial charge in [0.15, 0.2) is 0 Å². The van der Waals surface area contributed by atoms with Gasteiger partial charge in [0.1, 0.15) is 0 Å². The third-order valence-electron chi connectivity index (χ3n) is 5.54. The molecule has 104 valence electrons. The smallest absolute Gasteiger partial charge is 0.0300 e. The van der Waals surface area contributed by atoms with Crippen LogP contribution < -0.4 is 0 Å². The lowest BCUT2D eigenvalue weighted by Crippen LogP contribution is -2.35. The van der Waals surface area contributed by atoms with E-state index in [1.54, 1.807) is 0 Å².